The van der Waals surface area contributed by atoms with Crippen LogP contribution in [0.2, 0.25) is 0 Å². The van der Waals surface area contributed by atoms with Crippen LogP contribution in [0.4, 0.5) is 0 Å². The van der Waals surface area contributed by atoms with Crippen LogP contribution in [-0.2, 0) is 23.7 Å². The van der Waals surface area contributed by atoms with Crippen molar-refractivity contribution in [2.45, 2.75) is 6.42 Å². The van der Waals surface area contributed by atoms with Crippen LogP contribution < -0.4 is 0 Å². The van der Waals surface area contributed by atoms with E-state index in [9.17, 15) is 0 Å². The molecular weight excluding hydrogens is 250 g/mol. The van der Waals surface area contributed by atoms with Crippen LogP contribution in [0.1, 0.15) is 6.42 Å². The summed E-state index contributed by atoms with van der Waals surface area (Å²) < 4.78 is 26.1. The van der Waals surface area contributed by atoms with Crippen molar-refractivity contribution in [2.75, 3.05) is 79.8 Å². The highest BCUT2D eigenvalue weighted by Crippen LogP contribution is 1.96. The van der Waals surface area contributed by atoms with E-state index in [2.05, 4.69) is 4.90 Å². The third kappa shape index (κ3) is 10.2. The summed E-state index contributed by atoms with van der Waals surface area (Å²) in [7, 11) is 1.61. The summed E-state index contributed by atoms with van der Waals surface area (Å²) in [5, 5.41) is 0. The number of nitrogens with zero attached hydrogens (tertiary/aromatic N) is 1. The van der Waals surface area contributed by atoms with Gasteiger partial charge < -0.3 is 23.7 Å². The van der Waals surface area contributed by atoms with Gasteiger partial charge in [-0.15, -0.1) is 0 Å². The van der Waals surface area contributed by atoms with Gasteiger partial charge in [0.05, 0.1) is 33.0 Å². The van der Waals surface area contributed by atoms with Gasteiger partial charge in [0.15, 0.2) is 0 Å². The van der Waals surface area contributed by atoms with Crippen molar-refractivity contribution in [3.63, 3.8) is 0 Å². The molecular formula is C13H27NO5. The molecule has 1 saturated heterocycles. The zero-order valence-corrected chi connectivity index (χ0v) is 12.0. The fraction of sp³-hybridized carbons (Fsp3) is 1.00. The van der Waals surface area contributed by atoms with Gasteiger partial charge in [-0.1, -0.05) is 0 Å². The Morgan fingerprint density at radius 2 is 1.58 bits per heavy atom. The highest BCUT2D eigenvalue weighted by atomic mass is 16.7. The molecule has 0 aromatic rings. The van der Waals surface area contributed by atoms with Crippen molar-refractivity contribution in [2.24, 2.45) is 0 Å². The third-order valence-corrected chi connectivity index (χ3v) is 2.81. The normalized spacial score (nSPS) is 16.9. The van der Waals surface area contributed by atoms with Crippen molar-refractivity contribution in [1.29, 1.82) is 0 Å². The summed E-state index contributed by atoms with van der Waals surface area (Å²) in [6.07, 6.45) is 0.924. The lowest BCUT2D eigenvalue weighted by Crippen LogP contribution is -2.38. The van der Waals surface area contributed by atoms with Crippen molar-refractivity contribution < 1.29 is 23.7 Å². The molecule has 0 spiro atoms. The van der Waals surface area contributed by atoms with Crippen LogP contribution in [0.25, 0.3) is 0 Å². The summed E-state index contributed by atoms with van der Waals surface area (Å²) in [5.41, 5.74) is 0. The Balaban J connectivity index is 1.71. The average molecular weight is 277 g/mol. The smallest absolute Gasteiger partial charge is 0.146 e. The second-order valence-corrected chi connectivity index (χ2v) is 4.35. The molecule has 0 saturated carbocycles. The van der Waals surface area contributed by atoms with E-state index in [4.69, 9.17) is 23.7 Å². The number of morpholine rings is 1. The van der Waals surface area contributed by atoms with Gasteiger partial charge >= 0.3 is 0 Å². The van der Waals surface area contributed by atoms with Gasteiger partial charge in [-0.05, 0) is 6.42 Å². The van der Waals surface area contributed by atoms with Crippen LogP contribution in [0, 0.1) is 0 Å². The third-order valence-electron chi connectivity index (χ3n) is 2.81. The fourth-order valence-corrected chi connectivity index (χ4v) is 1.75. The molecule has 0 atom stereocenters. The zero-order chi connectivity index (χ0) is 13.6. The summed E-state index contributed by atoms with van der Waals surface area (Å²) in [6.45, 7) is 8.50. The molecule has 0 bridgehead atoms. The minimum absolute atomic E-state index is 0.327. The molecule has 0 radical (unpaired) electrons. The molecule has 0 aliphatic carbocycles. The first kappa shape index (κ1) is 16.8. The van der Waals surface area contributed by atoms with E-state index in [-0.39, 0.29) is 0 Å². The molecule has 0 amide bonds. The highest BCUT2D eigenvalue weighted by Gasteiger charge is 2.08. The minimum atomic E-state index is 0.327. The maximum Gasteiger partial charge on any atom is 0.146 e. The Labute approximate surface area is 115 Å². The van der Waals surface area contributed by atoms with Crippen LogP contribution in [0.15, 0.2) is 0 Å². The summed E-state index contributed by atoms with van der Waals surface area (Å²) in [6, 6.07) is 0. The molecule has 1 aliphatic rings. The van der Waals surface area contributed by atoms with Crippen molar-refractivity contribution in [3.8, 4) is 0 Å². The van der Waals surface area contributed by atoms with Crippen LogP contribution >= 0.6 is 0 Å². The van der Waals surface area contributed by atoms with Gasteiger partial charge in [0, 0.05) is 40.0 Å². The molecule has 0 aromatic heterocycles. The Hall–Kier alpha value is -0.240. The molecule has 6 heteroatoms. The van der Waals surface area contributed by atoms with Crippen molar-refractivity contribution in [1.82, 2.24) is 4.90 Å². The van der Waals surface area contributed by atoms with Gasteiger partial charge in [-0.2, -0.15) is 0 Å². The van der Waals surface area contributed by atoms with Crippen LogP contribution in [-0.4, -0.2) is 84.7 Å². The number of hydrogen-bond donors (Lipinski definition) is 0. The first-order valence-corrected chi connectivity index (χ1v) is 6.96. The number of rotatable bonds is 12. The predicted octanol–water partition coefficient (Wildman–Crippen LogP) is 0.362. The second kappa shape index (κ2) is 12.8. The van der Waals surface area contributed by atoms with E-state index in [1.807, 2.05) is 0 Å². The Bertz CT molecular complexity index is 188. The van der Waals surface area contributed by atoms with Gasteiger partial charge in [0.25, 0.3) is 0 Å². The summed E-state index contributed by atoms with van der Waals surface area (Å²) in [4.78, 5) is 2.37. The van der Waals surface area contributed by atoms with Crippen LogP contribution in [0.5, 0.6) is 0 Å². The maximum absolute atomic E-state index is 5.57. The largest absolute Gasteiger partial charge is 0.380 e. The first-order valence-electron chi connectivity index (χ1n) is 6.96. The van der Waals surface area contributed by atoms with E-state index < -0.39 is 0 Å². The van der Waals surface area contributed by atoms with Crippen LogP contribution in [0.3, 0.4) is 0 Å². The summed E-state index contributed by atoms with van der Waals surface area (Å²) in [5.74, 6) is 0. The molecule has 1 rings (SSSR count). The van der Waals surface area contributed by atoms with Crippen molar-refractivity contribution in [3.05, 3.63) is 0 Å². The summed E-state index contributed by atoms with van der Waals surface area (Å²) >= 11 is 0. The Morgan fingerprint density at radius 3 is 2.32 bits per heavy atom. The van der Waals surface area contributed by atoms with E-state index >= 15 is 0 Å². The molecule has 0 N–H and O–H groups in total. The maximum atomic E-state index is 5.57. The van der Waals surface area contributed by atoms with Crippen molar-refractivity contribution >= 4 is 0 Å². The number of methoxy groups -OCH3 is 1. The predicted molar refractivity (Wildman–Crippen MR) is 71.3 cm³/mol. The van der Waals surface area contributed by atoms with E-state index in [1.165, 1.54) is 0 Å². The average Bonchev–Trinajstić information content (AvgIpc) is 2.46. The van der Waals surface area contributed by atoms with Gasteiger partial charge in [-0.3, -0.25) is 4.90 Å². The molecule has 114 valence electrons. The molecule has 1 fully saturated rings. The molecule has 1 aliphatic heterocycles. The molecule has 1 heterocycles. The quantitative estimate of drug-likeness (QED) is 0.379. The Morgan fingerprint density at radius 1 is 0.895 bits per heavy atom. The molecule has 6 nitrogen and oxygen atoms in total. The fourth-order valence-electron chi connectivity index (χ4n) is 1.75. The highest BCUT2D eigenvalue weighted by molar-refractivity contribution is 4.60. The lowest BCUT2D eigenvalue weighted by Gasteiger charge is -2.26. The van der Waals surface area contributed by atoms with E-state index in [0.717, 1.165) is 52.5 Å². The number of ether oxygens (including phenoxy) is 5. The van der Waals surface area contributed by atoms with E-state index in [1.54, 1.807) is 7.11 Å². The van der Waals surface area contributed by atoms with Gasteiger partial charge in [0.2, 0.25) is 0 Å². The van der Waals surface area contributed by atoms with E-state index in [0.29, 0.717) is 26.6 Å². The topological polar surface area (TPSA) is 49.4 Å². The molecule has 0 unspecified atom stereocenters. The van der Waals surface area contributed by atoms with Gasteiger partial charge in [-0.25, -0.2) is 0 Å². The van der Waals surface area contributed by atoms with Gasteiger partial charge in [0.1, 0.15) is 6.79 Å². The lowest BCUT2D eigenvalue weighted by atomic mass is 10.4. The monoisotopic (exact) mass is 277 g/mol. The second-order valence-electron chi connectivity index (χ2n) is 4.35. The minimum Gasteiger partial charge on any atom is -0.380 e. The first-order chi connectivity index (χ1) is 9.43. The zero-order valence-electron chi connectivity index (χ0n) is 12.0. The lowest BCUT2D eigenvalue weighted by molar-refractivity contribution is -0.0521. The number of hydrogen-bond acceptors (Lipinski definition) is 6. The SMILES string of the molecule is COCOCCOCCCOCCN1CCOCC1. The molecule has 0 aromatic carbocycles. The standard InChI is InChI=1S/C13H27NO5/c1-15-13-19-12-11-17-7-2-6-16-8-3-14-4-9-18-10-5-14/h2-13H2,1H3. The Kier molecular flexibility index (Phi) is 11.3. The molecule has 19 heavy (non-hydrogen) atoms.